The second kappa shape index (κ2) is 8.10. The first-order valence-electron chi connectivity index (χ1n) is 9.24. The highest BCUT2D eigenvalue weighted by Gasteiger charge is 2.27. The Morgan fingerprint density at radius 3 is 2.47 bits per heavy atom. The Kier molecular flexibility index (Phi) is 5.51. The van der Waals surface area contributed by atoms with Crippen molar-refractivity contribution in [3.63, 3.8) is 0 Å². The Morgan fingerprint density at radius 2 is 1.77 bits per heavy atom. The molecule has 0 spiro atoms. The minimum absolute atomic E-state index is 0.0679. The Labute approximate surface area is 178 Å². The Morgan fingerprint density at radius 1 is 1.03 bits per heavy atom. The Balaban J connectivity index is 1.77. The van der Waals surface area contributed by atoms with Crippen LogP contribution in [0.25, 0.3) is 5.69 Å². The van der Waals surface area contributed by atoms with Crippen molar-refractivity contribution in [2.45, 2.75) is 25.2 Å². The van der Waals surface area contributed by atoms with Crippen LogP contribution in [0, 0.1) is 17.5 Å². The van der Waals surface area contributed by atoms with E-state index in [1.165, 1.54) is 36.4 Å². The molecule has 2 aromatic carbocycles. The van der Waals surface area contributed by atoms with E-state index in [1.54, 1.807) is 0 Å². The monoisotopic (exact) mass is 477 g/mol. The van der Waals surface area contributed by atoms with Crippen LogP contribution in [0.1, 0.15) is 41.2 Å². The summed E-state index contributed by atoms with van der Waals surface area (Å²) in [6.07, 6.45) is 2.44. The zero-order valence-corrected chi connectivity index (χ0v) is 17.1. The number of hydrogen-bond donors (Lipinski definition) is 0. The average Bonchev–Trinajstić information content (AvgIpc) is 2.65. The normalized spacial score (nSPS) is 13.7. The highest BCUT2D eigenvalue weighted by atomic mass is 79.9. The summed E-state index contributed by atoms with van der Waals surface area (Å²) in [6, 6.07) is 10.2. The summed E-state index contributed by atoms with van der Waals surface area (Å²) in [4.78, 5) is 25.2. The molecule has 1 fully saturated rings. The summed E-state index contributed by atoms with van der Waals surface area (Å²) in [5.41, 5.74) is -0.773. The van der Waals surface area contributed by atoms with Gasteiger partial charge in [0.25, 0.3) is 5.56 Å². The number of nitrogens with zero attached hydrogens (tertiary/aromatic N) is 1. The highest BCUT2D eigenvalue weighted by Crippen LogP contribution is 2.38. The van der Waals surface area contributed by atoms with Crippen LogP contribution < -0.4 is 10.3 Å². The number of ether oxygens (including phenoxy) is 1. The molecular weight excluding hydrogens is 463 g/mol. The molecule has 8 heteroatoms. The number of carbonyl (C=O) groups excluding carboxylic acids is 1. The molecule has 1 saturated carbocycles. The van der Waals surface area contributed by atoms with Crippen molar-refractivity contribution in [2.24, 2.45) is 0 Å². The van der Waals surface area contributed by atoms with Gasteiger partial charge >= 0.3 is 5.97 Å². The maximum absolute atomic E-state index is 14.4. The molecule has 1 aromatic heterocycles. The lowest BCUT2D eigenvalue weighted by atomic mass is 9.82. The minimum Gasteiger partial charge on any atom is -0.423 e. The van der Waals surface area contributed by atoms with Gasteiger partial charge in [-0.15, -0.1) is 0 Å². The van der Waals surface area contributed by atoms with E-state index in [0.717, 1.165) is 36.0 Å². The summed E-state index contributed by atoms with van der Waals surface area (Å²) in [5.74, 6) is -4.11. The third kappa shape index (κ3) is 3.67. The third-order valence-corrected chi connectivity index (χ3v) is 5.72. The number of halogens is 4. The summed E-state index contributed by atoms with van der Waals surface area (Å²) >= 11 is 3.00. The molecule has 0 unspecified atom stereocenters. The minimum atomic E-state index is -1.14. The van der Waals surface area contributed by atoms with Crippen LogP contribution in [-0.4, -0.2) is 10.5 Å². The van der Waals surface area contributed by atoms with Gasteiger partial charge in [0.1, 0.15) is 5.75 Å². The van der Waals surface area contributed by atoms with Gasteiger partial charge in [0.15, 0.2) is 17.5 Å². The summed E-state index contributed by atoms with van der Waals surface area (Å²) in [6.45, 7) is 0. The van der Waals surface area contributed by atoms with Gasteiger partial charge in [0.2, 0.25) is 0 Å². The van der Waals surface area contributed by atoms with E-state index >= 15 is 0 Å². The number of hydrogen-bond acceptors (Lipinski definition) is 3. The topological polar surface area (TPSA) is 48.3 Å². The van der Waals surface area contributed by atoms with Crippen LogP contribution in [0.15, 0.2) is 57.8 Å². The number of rotatable bonds is 4. The number of esters is 1. The van der Waals surface area contributed by atoms with Crippen LogP contribution >= 0.6 is 15.9 Å². The second-order valence-electron chi connectivity index (χ2n) is 6.98. The number of benzene rings is 2. The smallest absolute Gasteiger partial charge is 0.346 e. The standard InChI is InChI=1S/C22H15BrF3NO3/c23-15-7-2-6-14(20(15)25)22(29)30-13-10-18(12-4-1-5-12)27(19(28)11-13)17-9-3-8-16(24)21(17)26/h2-3,6-12H,1,4-5H2. The van der Waals surface area contributed by atoms with E-state index in [-0.39, 0.29) is 27.4 Å². The van der Waals surface area contributed by atoms with Crippen LogP contribution in [0.5, 0.6) is 5.75 Å². The molecule has 0 amide bonds. The first-order chi connectivity index (χ1) is 14.4. The van der Waals surface area contributed by atoms with Crippen molar-refractivity contribution in [1.82, 2.24) is 4.57 Å². The second-order valence-corrected chi connectivity index (χ2v) is 7.84. The molecule has 4 rings (SSSR count). The fraction of sp³-hybridized carbons (Fsp3) is 0.182. The first kappa shape index (κ1) is 20.4. The maximum atomic E-state index is 14.4. The van der Waals surface area contributed by atoms with Gasteiger partial charge in [-0.25, -0.2) is 18.0 Å². The Bertz CT molecular complexity index is 1200. The number of pyridine rings is 1. The van der Waals surface area contributed by atoms with E-state index in [1.807, 2.05) is 0 Å². The van der Waals surface area contributed by atoms with Gasteiger partial charge in [0.05, 0.1) is 15.7 Å². The average molecular weight is 478 g/mol. The van der Waals surface area contributed by atoms with E-state index in [2.05, 4.69) is 15.9 Å². The maximum Gasteiger partial charge on any atom is 0.346 e. The van der Waals surface area contributed by atoms with Crippen molar-refractivity contribution < 1.29 is 22.7 Å². The number of aromatic nitrogens is 1. The van der Waals surface area contributed by atoms with E-state index < -0.39 is 29.0 Å². The molecule has 30 heavy (non-hydrogen) atoms. The van der Waals surface area contributed by atoms with E-state index in [9.17, 15) is 22.8 Å². The fourth-order valence-corrected chi connectivity index (χ4v) is 3.74. The van der Waals surface area contributed by atoms with Crippen molar-refractivity contribution in [3.8, 4) is 11.4 Å². The van der Waals surface area contributed by atoms with Crippen molar-refractivity contribution in [2.75, 3.05) is 0 Å². The predicted molar refractivity (Wildman–Crippen MR) is 108 cm³/mol. The van der Waals surface area contributed by atoms with Gasteiger partial charge in [-0.2, -0.15) is 0 Å². The molecule has 0 N–H and O–H groups in total. The molecule has 0 radical (unpaired) electrons. The molecule has 1 heterocycles. The zero-order chi connectivity index (χ0) is 21.4. The molecule has 0 saturated heterocycles. The number of carbonyl (C=O) groups is 1. The SMILES string of the molecule is O=C(Oc1cc(C2CCC2)n(-c2cccc(F)c2F)c(=O)c1)c1cccc(Br)c1F. The van der Waals surface area contributed by atoms with Crippen LogP contribution in [0.2, 0.25) is 0 Å². The quantitative estimate of drug-likeness (QED) is 0.466. The highest BCUT2D eigenvalue weighted by molar-refractivity contribution is 9.10. The lowest BCUT2D eigenvalue weighted by Crippen LogP contribution is -2.27. The Hall–Kier alpha value is -2.87. The van der Waals surface area contributed by atoms with Crippen LogP contribution in [-0.2, 0) is 0 Å². The third-order valence-electron chi connectivity index (χ3n) is 5.11. The van der Waals surface area contributed by atoms with Crippen LogP contribution in [0.3, 0.4) is 0 Å². The molecule has 0 aliphatic heterocycles. The van der Waals surface area contributed by atoms with Crippen LogP contribution in [0.4, 0.5) is 13.2 Å². The molecule has 4 nitrogen and oxygen atoms in total. The van der Waals surface area contributed by atoms with Crippen molar-refractivity contribution in [3.05, 3.63) is 92.1 Å². The molecule has 0 atom stereocenters. The molecule has 1 aliphatic rings. The molecule has 1 aliphatic carbocycles. The lowest BCUT2D eigenvalue weighted by molar-refractivity contribution is 0.0729. The van der Waals surface area contributed by atoms with Gasteiger partial charge in [-0.05, 0) is 59.0 Å². The summed E-state index contributed by atoms with van der Waals surface area (Å²) in [5, 5.41) is 0. The molecular formula is C22H15BrF3NO3. The van der Waals surface area contributed by atoms with Gasteiger partial charge in [-0.1, -0.05) is 18.6 Å². The lowest BCUT2D eigenvalue weighted by Gasteiger charge is -2.29. The molecule has 154 valence electrons. The summed E-state index contributed by atoms with van der Waals surface area (Å²) < 4.78 is 48.7. The predicted octanol–water partition coefficient (Wildman–Crippen LogP) is 5.50. The summed E-state index contributed by atoms with van der Waals surface area (Å²) in [7, 11) is 0. The molecule has 3 aromatic rings. The van der Waals surface area contributed by atoms with E-state index in [4.69, 9.17) is 4.74 Å². The van der Waals surface area contributed by atoms with Crippen molar-refractivity contribution in [1.29, 1.82) is 0 Å². The molecule has 0 bridgehead atoms. The van der Waals surface area contributed by atoms with Gasteiger partial charge in [0, 0.05) is 17.8 Å². The largest absolute Gasteiger partial charge is 0.423 e. The van der Waals surface area contributed by atoms with E-state index in [0.29, 0.717) is 5.69 Å². The zero-order valence-electron chi connectivity index (χ0n) is 15.5. The fourth-order valence-electron chi connectivity index (χ4n) is 3.38. The van der Waals surface area contributed by atoms with Crippen molar-refractivity contribution >= 4 is 21.9 Å². The first-order valence-corrected chi connectivity index (χ1v) is 10.0. The van der Waals surface area contributed by atoms with Gasteiger partial charge < -0.3 is 4.74 Å². The van der Waals surface area contributed by atoms with Gasteiger partial charge in [-0.3, -0.25) is 9.36 Å².